The molecule has 2 aliphatic carbocycles. The van der Waals surface area contributed by atoms with Gasteiger partial charge in [-0.05, 0) is 122 Å². The maximum Gasteiger partial charge on any atom is 1.00 e. The van der Waals surface area contributed by atoms with Crippen molar-refractivity contribution >= 4 is 249 Å². The van der Waals surface area contributed by atoms with E-state index < -0.39 is 6.99 Å². The summed E-state index contributed by atoms with van der Waals surface area (Å²) < 4.78 is 26.5. The second-order valence-electron chi connectivity index (χ2n) is 22.1. The van der Waals surface area contributed by atoms with Crippen molar-refractivity contribution in [3.63, 3.8) is 0 Å². The van der Waals surface area contributed by atoms with Crippen molar-refractivity contribution in [1.82, 2.24) is 0 Å². The average molecular weight is 1550 g/mol. The Morgan fingerprint density at radius 2 is 0.758 bits per heavy atom. The molecule has 16 rings (SSSR count). The van der Waals surface area contributed by atoms with Crippen LogP contribution < -0.4 is 46.2 Å². The molecule has 2 nitrogen and oxygen atoms in total. The van der Waals surface area contributed by atoms with Crippen LogP contribution in [0.1, 0.15) is 19.8 Å². The molecule has 95 heavy (non-hydrogen) atoms. The normalized spacial score (nSPS) is 11.4. The Hall–Kier alpha value is -1.41. The van der Waals surface area contributed by atoms with E-state index in [0.717, 1.165) is 50.1 Å². The van der Waals surface area contributed by atoms with E-state index in [4.69, 9.17) is 20.4 Å². The fraction of sp³-hybridized carbons (Fsp3) is 0.0417. The van der Waals surface area contributed by atoms with Crippen LogP contribution in [0.3, 0.4) is 0 Å². The molecular formula is C72H70B2ClFLiO2P16-. The van der Waals surface area contributed by atoms with Crippen molar-refractivity contribution in [2.45, 2.75) is 19.8 Å². The van der Waals surface area contributed by atoms with Crippen molar-refractivity contribution < 1.29 is 32.0 Å². The number of para-hydroxylation sites is 2. The third-order valence-electron chi connectivity index (χ3n) is 16.2. The minimum absolute atomic E-state index is 0. The van der Waals surface area contributed by atoms with Gasteiger partial charge in [0.15, 0.2) is 0 Å². The van der Waals surface area contributed by atoms with Crippen molar-refractivity contribution in [1.29, 1.82) is 0 Å². The van der Waals surface area contributed by atoms with Crippen molar-refractivity contribution in [3.05, 3.63) is 267 Å². The van der Waals surface area contributed by atoms with Crippen molar-refractivity contribution in [3.8, 4) is 44.5 Å². The Kier molecular flexibility index (Phi) is 29.0. The van der Waals surface area contributed by atoms with E-state index in [1.807, 2.05) is 54.6 Å². The first-order chi connectivity index (χ1) is 45.6. The molecule has 2 aliphatic rings. The Morgan fingerprint density at radius 3 is 1.14 bits per heavy atom. The molecular weight excluding hydrogens is 1480 g/mol. The molecule has 9 atom stereocenters. The molecule has 0 saturated heterocycles. The molecule has 0 N–H and O–H groups in total. The van der Waals surface area contributed by atoms with Crippen LogP contribution >= 0.6 is 143 Å². The zero-order valence-corrected chi connectivity index (χ0v) is 70.0. The topological polar surface area (TPSA) is 26.3 Å². The van der Waals surface area contributed by atoms with E-state index in [-0.39, 0.29) is 67.5 Å². The van der Waals surface area contributed by atoms with Gasteiger partial charge in [-0.15, -0.1) is 80.4 Å². The molecule has 0 spiro atoms. The Bertz CT molecular complexity index is 4780. The van der Waals surface area contributed by atoms with E-state index in [0.29, 0.717) is 10.9 Å². The molecule has 0 saturated carbocycles. The second-order valence-corrected chi connectivity index (χ2v) is 77.9. The molecule has 12 aromatic carbocycles. The second kappa shape index (κ2) is 36.1. The van der Waals surface area contributed by atoms with Crippen LogP contribution in [-0.4, -0.2) is 13.7 Å². The van der Waals surface area contributed by atoms with Crippen LogP contribution in [-0.2, 0) is 0 Å². The summed E-state index contributed by atoms with van der Waals surface area (Å²) >= 11 is 6.92. The number of fused-ring (bicyclic) bond motifs is 12. The largest absolute Gasteiger partial charge is 1.00 e. The van der Waals surface area contributed by atoms with Gasteiger partial charge < -0.3 is 29.0 Å². The van der Waals surface area contributed by atoms with Crippen molar-refractivity contribution in [2.75, 3.05) is 0 Å². The summed E-state index contributed by atoms with van der Waals surface area (Å²) in [6.45, 7) is 5.55. The summed E-state index contributed by atoms with van der Waals surface area (Å²) in [7, 11) is 29.4. The van der Waals surface area contributed by atoms with E-state index in [1.165, 1.54) is 94.1 Å². The van der Waals surface area contributed by atoms with Crippen LogP contribution in [0.5, 0.6) is 0 Å². The van der Waals surface area contributed by atoms with Crippen LogP contribution in [0.4, 0.5) is 4.32 Å². The van der Waals surface area contributed by atoms with Crippen LogP contribution in [0.25, 0.3) is 110 Å². The van der Waals surface area contributed by atoms with Gasteiger partial charge in [-0.25, -0.2) is 6.99 Å². The maximum atomic E-state index is 13.9. The maximum absolute atomic E-state index is 13.9. The van der Waals surface area contributed by atoms with Gasteiger partial charge in [0.1, 0.15) is 22.3 Å². The van der Waals surface area contributed by atoms with E-state index >= 15 is 0 Å². The van der Waals surface area contributed by atoms with Gasteiger partial charge in [0, 0.05) is 27.1 Å². The summed E-state index contributed by atoms with van der Waals surface area (Å²) in [5.74, 6) is 0. The zero-order valence-electron chi connectivity index (χ0n) is 52.5. The molecule has 0 fully saturated rings. The number of hydrogen-bond donors (Lipinski definition) is 0. The van der Waals surface area contributed by atoms with Gasteiger partial charge in [0.05, 0.1) is 5.02 Å². The molecule has 0 bridgehead atoms. The molecule has 0 amide bonds. The fourth-order valence-electron chi connectivity index (χ4n) is 12.1. The first-order valence-electron chi connectivity index (χ1n) is 30.1. The van der Waals surface area contributed by atoms with Gasteiger partial charge in [0.2, 0.25) is 6.71 Å². The van der Waals surface area contributed by atoms with Crippen LogP contribution in [0.2, 0.25) is 5.02 Å². The molecule has 14 aromatic rings. The Balaban J connectivity index is 0.000000143. The minimum Gasteiger partial charge on any atom is -0.515 e. The third kappa shape index (κ3) is 17.3. The molecule has 23 heteroatoms. The molecule has 2 heterocycles. The molecule has 0 aliphatic heterocycles. The Labute approximate surface area is 606 Å². The number of halogens is 2. The number of hydrogen-bond acceptors (Lipinski definition) is 2. The third-order valence-corrected chi connectivity index (χ3v) is 89.5. The number of unbranched alkanes of at least 4 members (excludes halogenated alkanes) is 1. The first-order valence-corrected chi connectivity index (χ1v) is 57.3. The first kappa shape index (κ1) is 76.2. The summed E-state index contributed by atoms with van der Waals surface area (Å²) in [5, 5.41) is 10.4. The van der Waals surface area contributed by atoms with E-state index in [2.05, 4.69) is 279 Å². The molecule has 0 radical (unpaired) electrons. The summed E-state index contributed by atoms with van der Waals surface area (Å²) in [4.78, 5) is 0. The number of benzene rings is 12. The molecule has 9 unspecified atom stereocenters. The van der Waals surface area contributed by atoms with Gasteiger partial charge >= 0.3 is 25.9 Å². The molecule has 472 valence electrons. The smallest absolute Gasteiger partial charge is 0.515 e. The van der Waals surface area contributed by atoms with Gasteiger partial charge in [-0.2, -0.15) is 6.42 Å². The average Bonchev–Trinajstić information content (AvgIpc) is 1.59. The van der Waals surface area contributed by atoms with Gasteiger partial charge in [-0.3, -0.25) is 0 Å². The fourth-order valence-corrected chi connectivity index (χ4v) is 70.2. The summed E-state index contributed by atoms with van der Waals surface area (Å²) in [6, 6.07) is 87.4. The van der Waals surface area contributed by atoms with Gasteiger partial charge in [-0.1, -0.05) is 280 Å². The predicted octanol–water partition coefficient (Wildman–Crippen LogP) is 23.0. The SMILES string of the molecule is Clc1c2c(cc3oc4ccccc4c13)-c1cccc3cccc-2c13.FB(c1ccccc1)c1ccccc1.PP(P)P(P)P(P)P.[CH2-]CCC.[Li+].[PH-]P(P(P)P)P(P)P.c1ccc(B(c2ccccc2)c2c3c(cc4oc5ccccc5c24)-c2cccc4cccc-3c24)cc1. The minimum atomic E-state index is -1.02. The standard InChI is InChI=1S/C34H21BO.C22H11ClO.C12H10BF.C4H9.Li.H10P8.H9P8/c1-3-13-23(14-4-1)35(24-15-5-2-6-16-24)34-32-27-19-10-12-22-11-9-18-25(31(22)27)28(32)21-30-33(34)26-17-7-8-20-29(26)36-30;23-22-20-15-9-4-6-12-5-3-8-13(19(12)15)16(20)11-18-21(22)14-7-1-2-10-17(14)24-18;14-13(11-7-3-1-4-8-11)12-9-5-2-6-10-12;1-3-4-2;;2*1-6(2)8(5)7(3)4/h1-21H;1-11H;1-10H;1,3-4H2,2H3;;1-5H2;5H,1-4H2/q;;;-1;+1;;-1. The van der Waals surface area contributed by atoms with E-state index in [1.54, 1.807) is 24.3 Å². The van der Waals surface area contributed by atoms with Gasteiger partial charge in [0.25, 0.3) is 0 Å². The van der Waals surface area contributed by atoms with E-state index in [9.17, 15) is 4.32 Å². The Morgan fingerprint density at radius 1 is 0.411 bits per heavy atom. The van der Waals surface area contributed by atoms with Crippen LogP contribution in [0, 0.1) is 6.92 Å². The summed E-state index contributed by atoms with van der Waals surface area (Å²) in [6.07, 6.45) is 2.28. The van der Waals surface area contributed by atoms with Crippen molar-refractivity contribution in [2.24, 2.45) is 0 Å². The monoisotopic (exact) mass is 1550 g/mol. The number of furan rings is 2. The van der Waals surface area contributed by atoms with Crippen LogP contribution in [0.15, 0.2) is 264 Å². The summed E-state index contributed by atoms with van der Waals surface area (Å²) in [5.41, 5.74) is 18.9. The quantitative estimate of drug-likeness (QED) is 0.0775. The zero-order chi connectivity index (χ0) is 66.2. The number of rotatable bonds is 10. The predicted molar refractivity (Wildman–Crippen MR) is 470 cm³/mol. The molecule has 2 aromatic heterocycles.